The molecule has 0 radical (unpaired) electrons. The molecule has 8 rings (SSSR count). The standard InChI is InChI=1S/C50H74O22/c1-19-27(53)28(54)33(59)41(66-19)71-37-32(58)30(56)35(40(62)63)70-43(37)72-36-31(57)29(55)34(39(60)61)69-42(36)68-25-11-12-48(7)24(45(25,3)4)10-13-50(9)38(48)23(52)16-21-22-17-46(5,44(64)65)18-26(67-20(2)51)47(22,6)14-15-49(21,50)8/h16,19,22,24-38,41-43,53-59H,10-15,17-18H2,1-9H3,(H,60,61)(H,62,63)(H,64,65). The van der Waals surface area contributed by atoms with Gasteiger partial charge in [0.1, 0.15) is 61.0 Å². The normalized spacial score (nSPS) is 52.1. The van der Waals surface area contributed by atoms with Crippen molar-refractivity contribution in [1.29, 1.82) is 0 Å². The molecule has 3 saturated heterocycles. The van der Waals surface area contributed by atoms with Gasteiger partial charge < -0.3 is 84.2 Å². The maximum atomic E-state index is 15.2. The van der Waals surface area contributed by atoms with E-state index in [0.29, 0.717) is 32.1 Å². The SMILES string of the molecule is CC(=O)OC1CC(C)(C(=O)O)CC2C3=CC(=O)C4C5(C)CCC(OC6OC(C(=O)O)C(O)C(O)C6OC6OC(C(=O)O)C(O)C(O)C6OC6OC(C)C(O)C(O)C6O)C(C)(C)C5CCC4(C)C3(C)CCC12C. The van der Waals surface area contributed by atoms with Crippen LogP contribution in [0.3, 0.4) is 0 Å². The molecule has 22 nitrogen and oxygen atoms in total. The molecule has 0 amide bonds. The number of hydrogen-bond acceptors (Lipinski definition) is 19. The first-order valence-corrected chi connectivity index (χ1v) is 25.1. The number of carbonyl (C=O) groups excluding carboxylic acids is 2. The van der Waals surface area contributed by atoms with E-state index in [2.05, 4.69) is 20.8 Å². The molecular weight excluding hydrogens is 953 g/mol. The van der Waals surface area contributed by atoms with Gasteiger partial charge in [0.15, 0.2) is 36.9 Å². The highest BCUT2D eigenvalue weighted by Gasteiger charge is 2.72. The maximum absolute atomic E-state index is 15.2. The Morgan fingerprint density at radius 3 is 1.71 bits per heavy atom. The summed E-state index contributed by atoms with van der Waals surface area (Å²) in [5.74, 6) is -6.08. The van der Waals surface area contributed by atoms with Crippen LogP contribution >= 0.6 is 0 Å². The molecule has 22 heteroatoms. The van der Waals surface area contributed by atoms with Gasteiger partial charge >= 0.3 is 23.9 Å². The summed E-state index contributed by atoms with van der Waals surface area (Å²) in [7, 11) is 0. The van der Waals surface area contributed by atoms with Crippen molar-refractivity contribution < 1.29 is 108 Å². The maximum Gasteiger partial charge on any atom is 0.335 e. The number of carbonyl (C=O) groups is 5. The van der Waals surface area contributed by atoms with Gasteiger partial charge in [0.05, 0.1) is 17.6 Å². The molecule has 0 bridgehead atoms. The lowest BCUT2D eigenvalue weighted by Crippen LogP contribution is -2.69. The number of hydrogen-bond donors (Lipinski definition) is 10. The monoisotopic (exact) mass is 1030 g/mol. The number of ketones is 1. The number of rotatable bonds is 10. The van der Waals surface area contributed by atoms with E-state index >= 15 is 4.79 Å². The van der Waals surface area contributed by atoms with Crippen LogP contribution in [0.2, 0.25) is 0 Å². The Morgan fingerprint density at radius 1 is 0.611 bits per heavy atom. The van der Waals surface area contributed by atoms with Crippen molar-refractivity contribution in [1.82, 2.24) is 0 Å². The van der Waals surface area contributed by atoms with Crippen molar-refractivity contribution in [3.8, 4) is 0 Å². The van der Waals surface area contributed by atoms with Crippen LogP contribution < -0.4 is 0 Å². The number of carboxylic acids is 3. The molecule has 25 unspecified atom stereocenters. The third kappa shape index (κ3) is 8.46. The van der Waals surface area contributed by atoms with Crippen LogP contribution in [-0.4, -0.2) is 185 Å². The molecule has 10 N–H and O–H groups in total. The minimum Gasteiger partial charge on any atom is -0.481 e. The minimum absolute atomic E-state index is 0.0729. The van der Waals surface area contributed by atoms with Crippen LogP contribution in [0.25, 0.3) is 0 Å². The largest absolute Gasteiger partial charge is 0.481 e. The van der Waals surface area contributed by atoms with Crippen molar-refractivity contribution in [3.63, 3.8) is 0 Å². The number of ether oxygens (including phenoxy) is 7. The summed E-state index contributed by atoms with van der Waals surface area (Å²) in [5, 5.41) is 107. The van der Waals surface area contributed by atoms with Gasteiger partial charge in [0.2, 0.25) is 0 Å². The van der Waals surface area contributed by atoms with Crippen LogP contribution in [0.5, 0.6) is 0 Å². The van der Waals surface area contributed by atoms with E-state index < -0.39 is 167 Å². The van der Waals surface area contributed by atoms with Gasteiger partial charge in [-0.25, -0.2) is 9.59 Å². The number of aliphatic hydroxyl groups is 7. The lowest BCUT2D eigenvalue weighted by Gasteiger charge is -2.71. The summed E-state index contributed by atoms with van der Waals surface area (Å²) in [5.41, 5.74) is -3.56. The predicted octanol–water partition coefficient (Wildman–Crippen LogP) is 0.639. The zero-order valence-corrected chi connectivity index (χ0v) is 42.2. The molecule has 3 heterocycles. The van der Waals surface area contributed by atoms with E-state index in [-0.39, 0.29) is 36.9 Å². The first-order valence-electron chi connectivity index (χ1n) is 25.1. The molecule has 0 aromatic carbocycles. The second-order valence-corrected chi connectivity index (χ2v) is 24.1. The summed E-state index contributed by atoms with van der Waals surface area (Å²) in [6.07, 6.45) is -25.2. The molecule has 8 aliphatic rings. The fourth-order valence-corrected chi connectivity index (χ4v) is 15.2. The number of esters is 1. The van der Waals surface area contributed by atoms with Crippen molar-refractivity contribution in [3.05, 3.63) is 11.6 Å². The summed E-state index contributed by atoms with van der Waals surface area (Å²) in [4.78, 5) is 65.3. The highest BCUT2D eigenvalue weighted by atomic mass is 16.8. The van der Waals surface area contributed by atoms with Gasteiger partial charge in [-0.1, -0.05) is 47.1 Å². The Morgan fingerprint density at radius 2 is 1.17 bits per heavy atom. The van der Waals surface area contributed by atoms with Gasteiger partial charge in [-0.05, 0) is 98.4 Å². The Balaban J connectivity index is 1.09. The lowest BCUT2D eigenvalue weighted by molar-refractivity contribution is -0.392. The summed E-state index contributed by atoms with van der Waals surface area (Å²) >= 11 is 0. The Kier molecular flexibility index (Phi) is 14.4. The second kappa shape index (κ2) is 18.8. The van der Waals surface area contributed by atoms with E-state index in [9.17, 15) is 70.2 Å². The predicted molar refractivity (Wildman–Crippen MR) is 242 cm³/mol. The quantitative estimate of drug-likeness (QED) is 0.106. The molecule has 25 atom stereocenters. The molecular formula is C50H74O22. The molecule has 0 aromatic heterocycles. The average Bonchev–Trinajstić information content (AvgIpc) is 3.28. The Hall–Kier alpha value is -3.23. The van der Waals surface area contributed by atoms with E-state index in [4.69, 9.17) is 33.2 Å². The van der Waals surface area contributed by atoms with E-state index in [1.54, 1.807) is 13.0 Å². The van der Waals surface area contributed by atoms with E-state index in [0.717, 1.165) is 5.57 Å². The first kappa shape index (κ1) is 55.0. The van der Waals surface area contributed by atoms with Crippen molar-refractivity contribution in [2.24, 2.45) is 50.2 Å². The molecule has 0 aromatic rings. The van der Waals surface area contributed by atoms with E-state index in [1.807, 2.05) is 20.8 Å². The topological polar surface area (TPSA) is 352 Å². The number of aliphatic carboxylic acids is 3. The van der Waals surface area contributed by atoms with Gasteiger partial charge in [0, 0.05) is 24.7 Å². The highest BCUT2D eigenvalue weighted by Crippen LogP contribution is 2.75. The van der Waals surface area contributed by atoms with Crippen LogP contribution in [0.4, 0.5) is 0 Å². The fourth-order valence-electron chi connectivity index (χ4n) is 15.2. The average molecular weight is 1030 g/mol. The Labute approximate surface area is 416 Å². The second-order valence-electron chi connectivity index (χ2n) is 24.1. The molecule has 72 heavy (non-hydrogen) atoms. The summed E-state index contributed by atoms with van der Waals surface area (Å²) in [6, 6.07) is 0. The van der Waals surface area contributed by atoms with Crippen LogP contribution in [-0.2, 0) is 57.1 Å². The minimum atomic E-state index is -2.18. The van der Waals surface area contributed by atoms with Gasteiger partial charge in [-0.15, -0.1) is 0 Å². The fraction of sp³-hybridized carbons (Fsp3) is 0.860. The van der Waals surface area contributed by atoms with Crippen LogP contribution in [0.15, 0.2) is 11.6 Å². The van der Waals surface area contributed by atoms with Gasteiger partial charge in [-0.2, -0.15) is 0 Å². The lowest BCUT2D eigenvalue weighted by atomic mass is 9.33. The van der Waals surface area contributed by atoms with Gasteiger partial charge in [-0.3, -0.25) is 14.4 Å². The number of fused-ring (bicyclic) bond motifs is 7. The van der Waals surface area contributed by atoms with Crippen LogP contribution in [0, 0.1) is 50.2 Å². The summed E-state index contributed by atoms with van der Waals surface area (Å²) in [6.45, 7) is 16.8. The van der Waals surface area contributed by atoms with E-state index in [1.165, 1.54) is 13.8 Å². The van der Waals surface area contributed by atoms with Gasteiger partial charge in [0.25, 0.3) is 0 Å². The zero-order chi connectivity index (χ0) is 53.3. The molecule has 4 saturated carbocycles. The number of allylic oxidation sites excluding steroid dienone is 2. The van der Waals surface area contributed by atoms with Crippen molar-refractivity contribution in [2.75, 3.05) is 0 Å². The molecule has 406 valence electrons. The zero-order valence-electron chi connectivity index (χ0n) is 42.2. The summed E-state index contributed by atoms with van der Waals surface area (Å²) < 4.78 is 41.5. The first-order chi connectivity index (χ1) is 33.3. The van der Waals surface area contributed by atoms with Crippen LogP contribution in [0.1, 0.15) is 114 Å². The smallest absolute Gasteiger partial charge is 0.335 e. The Bertz CT molecular complexity index is 2190. The third-order valence-corrected chi connectivity index (χ3v) is 19.7. The number of aliphatic hydroxyl groups excluding tert-OH is 7. The number of carboxylic acid groups (broad SMARTS) is 3. The molecule has 3 aliphatic heterocycles. The van der Waals surface area contributed by atoms with Crippen molar-refractivity contribution >= 4 is 29.7 Å². The molecule has 0 spiro atoms. The molecule has 7 fully saturated rings. The third-order valence-electron chi connectivity index (χ3n) is 19.7. The molecule has 5 aliphatic carbocycles. The van der Waals surface area contributed by atoms with Crippen molar-refractivity contribution in [2.45, 2.75) is 218 Å². The highest BCUT2D eigenvalue weighted by molar-refractivity contribution is 5.95.